The van der Waals surface area contributed by atoms with Crippen LogP contribution in [-0.2, 0) is 4.74 Å². The number of benzene rings is 1. The van der Waals surface area contributed by atoms with Gasteiger partial charge in [-0.25, -0.2) is 0 Å². The number of hydrogen-bond acceptors (Lipinski definition) is 4. The third-order valence-electron chi connectivity index (χ3n) is 2.82. The van der Waals surface area contributed by atoms with Crippen molar-refractivity contribution in [2.45, 2.75) is 4.90 Å². The van der Waals surface area contributed by atoms with Crippen LogP contribution >= 0.6 is 11.8 Å². The van der Waals surface area contributed by atoms with Crippen molar-refractivity contribution in [2.24, 2.45) is 0 Å². The van der Waals surface area contributed by atoms with Gasteiger partial charge < -0.3 is 9.47 Å². The molecular weight excluding hydrogens is 234 g/mol. The number of nitrogens with zero attached hydrogens (tertiary/aromatic N) is 1. The molecule has 17 heavy (non-hydrogen) atoms. The predicted molar refractivity (Wildman–Crippen MR) is 71.0 cm³/mol. The van der Waals surface area contributed by atoms with E-state index in [0.717, 1.165) is 45.2 Å². The quantitative estimate of drug-likeness (QED) is 0.749. The second-order valence-electron chi connectivity index (χ2n) is 3.98. The Morgan fingerprint density at radius 3 is 2.94 bits per heavy atom. The van der Waals surface area contributed by atoms with E-state index < -0.39 is 0 Å². The van der Waals surface area contributed by atoms with Crippen molar-refractivity contribution in [1.29, 1.82) is 0 Å². The Hall–Kier alpha value is -0.710. The van der Waals surface area contributed by atoms with E-state index in [4.69, 9.17) is 9.47 Å². The Morgan fingerprint density at radius 2 is 2.18 bits per heavy atom. The minimum absolute atomic E-state index is 0.748. The zero-order valence-corrected chi connectivity index (χ0v) is 11.0. The number of hydrogen-bond donors (Lipinski definition) is 0. The molecule has 0 bridgehead atoms. The third kappa shape index (κ3) is 4.22. The lowest BCUT2D eigenvalue weighted by Gasteiger charge is -2.26. The van der Waals surface area contributed by atoms with E-state index in [9.17, 15) is 0 Å². The van der Waals surface area contributed by atoms with E-state index in [2.05, 4.69) is 23.3 Å². The van der Waals surface area contributed by atoms with Crippen LogP contribution in [0.5, 0.6) is 5.75 Å². The highest BCUT2D eigenvalue weighted by atomic mass is 32.2. The predicted octanol–water partition coefficient (Wildman–Crippen LogP) is 2.12. The molecule has 2 rings (SSSR count). The van der Waals surface area contributed by atoms with Gasteiger partial charge in [0, 0.05) is 24.5 Å². The monoisotopic (exact) mass is 253 g/mol. The van der Waals surface area contributed by atoms with Crippen LogP contribution in [0.2, 0.25) is 0 Å². The fraction of sp³-hybridized carbons (Fsp3) is 0.538. The minimum Gasteiger partial charge on any atom is -0.492 e. The van der Waals surface area contributed by atoms with E-state index in [1.807, 2.05) is 12.1 Å². The van der Waals surface area contributed by atoms with Gasteiger partial charge in [-0.1, -0.05) is 6.07 Å². The second-order valence-corrected chi connectivity index (χ2v) is 4.86. The molecule has 3 nitrogen and oxygen atoms in total. The molecule has 1 aliphatic rings. The van der Waals surface area contributed by atoms with Gasteiger partial charge in [0.25, 0.3) is 0 Å². The molecule has 1 fully saturated rings. The van der Waals surface area contributed by atoms with E-state index in [0.29, 0.717) is 0 Å². The van der Waals surface area contributed by atoms with Gasteiger partial charge in [-0.05, 0) is 24.5 Å². The first kappa shape index (κ1) is 12.7. The lowest BCUT2D eigenvalue weighted by atomic mass is 10.3. The summed E-state index contributed by atoms with van der Waals surface area (Å²) in [5.41, 5.74) is 0. The Balaban J connectivity index is 1.73. The molecule has 0 radical (unpaired) electrons. The van der Waals surface area contributed by atoms with Crippen LogP contribution in [-0.4, -0.2) is 50.6 Å². The molecule has 94 valence electrons. The summed E-state index contributed by atoms with van der Waals surface area (Å²) in [4.78, 5) is 3.62. The molecule has 0 aromatic heterocycles. The smallest absolute Gasteiger partial charge is 0.120 e. The maximum atomic E-state index is 5.76. The largest absolute Gasteiger partial charge is 0.492 e. The molecule has 0 spiro atoms. The lowest BCUT2D eigenvalue weighted by Crippen LogP contribution is -2.38. The average Bonchev–Trinajstić information content (AvgIpc) is 2.40. The van der Waals surface area contributed by atoms with Gasteiger partial charge in [-0.3, -0.25) is 4.90 Å². The van der Waals surface area contributed by atoms with Crippen molar-refractivity contribution in [3.8, 4) is 5.75 Å². The summed E-state index contributed by atoms with van der Waals surface area (Å²) < 4.78 is 11.1. The fourth-order valence-corrected chi connectivity index (χ4v) is 2.26. The van der Waals surface area contributed by atoms with Crippen LogP contribution in [0.25, 0.3) is 0 Å². The molecule has 1 aromatic carbocycles. The van der Waals surface area contributed by atoms with Crippen LogP contribution < -0.4 is 4.74 Å². The Bertz CT molecular complexity index is 340. The first-order chi connectivity index (χ1) is 8.38. The van der Waals surface area contributed by atoms with Gasteiger partial charge in [0.2, 0.25) is 0 Å². The molecule has 4 heteroatoms. The van der Waals surface area contributed by atoms with E-state index in [1.54, 1.807) is 11.8 Å². The number of thioether (sulfide) groups is 1. The first-order valence-corrected chi connectivity index (χ1v) is 7.18. The highest BCUT2D eigenvalue weighted by Gasteiger charge is 2.09. The summed E-state index contributed by atoms with van der Waals surface area (Å²) in [6, 6.07) is 8.23. The Kier molecular flexibility index (Phi) is 5.16. The molecule has 0 N–H and O–H groups in total. The number of morpholine rings is 1. The summed E-state index contributed by atoms with van der Waals surface area (Å²) in [5.74, 6) is 0.963. The molecule has 1 saturated heterocycles. The van der Waals surface area contributed by atoms with Crippen molar-refractivity contribution in [3.63, 3.8) is 0 Å². The van der Waals surface area contributed by atoms with Gasteiger partial charge in [0.1, 0.15) is 12.4 Å². The molecule has 0 saturated carbocycles. The van der Waals surface area contributed by atoms with Gasteiger partial charge in [-0.2, -0.15) is 0 Å². The Morgan fingerprint density at radius 1 is 1.35 bits per heavy atom. The number of ether oxygens (including phenoxy) is 2. The maximum Gasteiger partial charge on any atom is 0.120 e. The highest BCUT2D eigenvalue weighted by Crippen LogP contribution is 2.20. The van der Waals surface area contributed by atoms with Crippen LogP contribution in [0.15, 0.2) is 29.2 Å². The summed E-state index contributed by atoms with van der Waals surface area (Å²) in [7, 11) is 0. The summed E-state index contributed by atoms with van der Waals surface area (Å²) in [6.07, 6.45) is 2.08. The first-order valence-electron chi connectivity index (χ1n) is 5.95. The molecule has 1 aliphatic heterocycles. The zero-order valence-electron chi connectivity index (χ0n) is 10.2. The summed E-state index contributed by atoms with van der Waals surface area (Å²) in [5, 5.41) is 0. The second kappa shape index (κ2) is 6.89. The van der Waals surface area contributed by atoms with Crippen LogP contribution in [0.1, 0.15) is 0 Å². The topological polar surface area (TPSA) is 21.7 Å². The van der Waals surface area contributed by atoms with Gasteiger partial charge in [0.05, 0.1) is 13.2 Å². The molecule has 0 unspecified atom stereocenters. The van der Waals surface area contributed by atoms with Gasteiger partial charge in [0.15, 0.2) is 0 Å². The average molecular weight is 253 g/mol. The maximum absolute atomic E-state index is 5.76. The molecule has 0 atom stereocenters. The molecule has 0 aliphatic carbocycles. The van der Waals surface area contributed by atoms with Crippen molar-refractivity contribution < 1.29 is 9.47 Å². The van der Waals surface area contributed by atoms with Gasteiger partial charge >= 0.3 is 0 Å². The van der Waals surface area contributed by atoms with E-state index in [1.165, 1.54) is 4.90 Å². The van der Waals surface area contributed by atoms with Crippen molar-refractivity contribution in [2.75, 3.05) is 45.7 Å². The van der Waals surface area contributed by atoms with Crippen molar-refractivity contribution >= 4 is 11.8 Å². The lowest BCUT2D eigenvalue weighted by molar-refractivity contribution is 0.0322. The van der Waals surface area contributed by atoms with Crippen molar-refractivity contribution in [3.05, 3.63) is 24.3 Å². The zero-order chi connectivity index (χ0) is 11.9. The normalized spacial score (nSPS) is 17.0. The summed E-state index contributed by atoms with van der Waals surface area (Å²) >= 11 is 1.74. The molecule has 0 amide bonds. The van der Waals surface area contributed by atoms with Gasteiger partial charge in [-0.15, -0.1) is 11.8 Å². The molecule has 1 heterocycles. The van der Waals surface area contributed by atoms with Crippen LogP contribution in [0, 0.1) is 0 Å². The third-order valence-corrected chi connectivity index (χ3v) is 3.55. The Labute approximate surface area is 107 Å². The van der Waals surface area contributed by atoms with Crippen molar-refractivity contribution in [1.82, 2.24) is 4.90 Å². The van der Waals surface area contributed by atoms with E-state index >= 15 is 0 Å². The standard InChI is InChI=1S/C13H19NO2S/c1-17-13-4-2-3-12(11-13)16-10-7-14-5-8-15-9-6-14/h2-4,11H,5-10H2,1H3. The molecule has 1 aromatic rings. The fourth-order valence-electron chi connectivity index (χ4n) is 1.81. The summed E-state index contributed by atoms with van der Waals surface area (Å²) in [6.45, 7) is 5.47. The SMILES string of the molecule is CSc1cccc(OCCN2CCOCC2)c1. The van der Waals surface area contributed by atoms with Crippen LogP contribution in [0.3, 0.4) is 0 Å². The molecular formula is C13H19NO2S. The highest BCUT2D eigenvalue weighted by molar-refractivity contribution is 7.98. The van der Waals surface area contributed by atoms with E-state index in [-0.39, 0.29) is 0 Å². The minimum atomic E-state index is 0.748. The number of rotatable bonds is 5. The van der Waals surface area contributed by atoms with Crippen LogP contribution in [0.4, 0.5) is 0 Å².